The predicted octanol–water partition coefficient (Wildman–Crippen LogP) is -0.727. The van der Waals surface area contributed by atoms with Gasteiger partial charge < -0.3 is 9.84 Å². The van der Waals surface area contributed by atoms with E-state index >= 15 is 0 Å². The summed E-state index contributed by atoms with van der Waals surface area (Å²) in [6.07, 6.45) is 1.79. The molecule has 0 bridgehead atoms. The lowest BCUT2D eigenvalue weighted by molar-refractivity contribution is -0.303. The Morgan fingerprint density at radius 2 is 2.26 bits per heavy atom. The summed E-state index contributed by atoms with van der Waals surface area (Å²) in [4.78, 5) is 33.6. The summed E-state index contributed by atoms with van der Waals surface area (Å²) >= 11 is 5.59. The number of hydrogen-bond acceptors (Lipinski definition) is 6. The number of methoxy groups -OCH3 is 1. The molecule has 7 nitrogen and oxygen atoms in total. The number of allylic oxidation sites excluding steroid dienone is 1. The minimum atomic E-state index is -1.12. The van der Waals surface area contributed by atoms with Gasteiger partial charge in [-0.1, -0.05) is 11.6 Å². The molecule has 0 amide bonds. The maximum atomic E-state index is 11.5. The summed E-state index contributed by atoms with van der Waals surface area (Å²) in [6.45, 7) is -0.0385. The lowest BCUT2D eigenvalue weighted by Crippen LogP contribution is -2.24. The van der Waals surface area contributed by atoms with Gasteiger partial charge in [0.05, 0.1) is 13.7 Å². The molecule has 1 heterocycles. The van der Waals surface area contributed by atoms with E-state index in [9.17, 15) is 19.5 Å². The summed E-state index contributed by atoms with van der Waals surface area (Å²) in [5.41, 5.74) is -0.531. The highest BCUT2D eigenvalue weighted by molar-refractivity contribution is 6.30. The molecule has 0 aromatic carbocycles. The van der Waals surface area contributed by atoms with Gasteiger partial charge in [0.25, 0.3) is 5.56 Å². The summed E-state index contributed by atoms with van der Waals surface area (Å²) < 4.78 is 5.15. The molecule has 0 saturated heterocycles. The Hall–Kier alpha value is -2.15. The Kier molecular flexibility index (Phi) is 5.25. The first-order chi connectivity index (χ1) is 8.95. The lowest BCUT2D eigenvalue weighted by Gasteiger charge is -2.08. The number of carbonyl (C=O) groups excluding carboxylic acids is 2. The highest BCUT2D eigenvalue weighted by Crippen LogP contribution is 1.98. The van der Waals surface area contributed by atoms with Gasteiger partial charge in [0.15, 0.2) is 5.78 Å². The van der Waals surface area contributed by atoms with E-state index in [1.807, 2.05) is 0 Å². The molecule has 0 radical (unpaired) electrons. The second-order valence-corrected chi connectivity index (χ2v) is 3.83. The molecular weight excluding hydrogens is 276 g/mol. The van der Waals surface area contributed by atoms with Crippen LogP contribution in [0.2, 0.25) is 5.02 Å². The van der Waals surface area contributed by atoms with Crippen molar-refractivity contribution in [2.75, 3.05) is 7.11 Å². The SMILES string of the molecule is COC(=O)/C([O-])=C/C(=O)CCn1nccc(Cl)c1=O. The van der Waals surface area contributed by atoms with Crippen molar-refractivity contribution in [3.63, 3.8) is 0 Å². The van der Waals surface area contributed by atoms with Crippen LogP contribution in [0.1, 0.15) is 6.42 Å². The smallest absolute Gasteiger partial charge is 0.322 e. The van der Waals surface area contributed by atoms with Crippen LogP contribution in [-0.4, -0.2) is 28.6 Å². The molecule has 1 aromatic rings. The third-order valence-electron chi connectivity index (χ3n) is 2.11. The molecule has 0 N–H and O–H groups in total. The third kappa shape index (κ3) is 4.22. The Labute approximate surface area is 113 Å². The highest BCUT2D eigenvalue weighted by Gasteiger charge is 2.05. The molecule has 0 aliphatic rings. The number of aryl methyl sites for hydroxylation is 1. The summed E-state index contributed by atoms with van der Waals surface area (Å²) in [5, 5.41) is 14.8. The van der Waals surface area contributed by atoms with Crippen molar-refractivity contribution in [2.45, 2.75) is 13.0 Å². The topological polar surface area (TPSA) is 101 Å². The van der Waals surface area contributed by atoms with Crippen molar-refractivity contribution >= 4 is 23.4 Å². The number of ether oxygens (including phenoxy) is 1. The molecule has 0 fully saturated rings. The summed E-state index contributed by atoms with van der Waals surface area (Å²) in [7, 11) is 1.04. The maximum Gasteiger partial charge on any atom is 0.322 e. The number of hydrogen-bond donors (Lipinski definition) is 0. The third-order valence-corrected chi connectivity index (χ3v) is 2.40. The second kappa shape index (κ2) is 6.69. The Morgan fingerprint density at radius 1 is 1.58 bits per heavy atom. The van der Waals surface area contributed by atoms with Crippen LogP contribution < -0.4 is 10.7 Å². The van der Waals surface area contributed by atoms with Gasteiger partial charge in [0.1, 0.15) is 5.02 Å². The number of rotatable bonds is 5. The van der Waals surface area contributed by atoms with Crippen molar-refractivity contribution < 1.29 is 19.4 Å². The van der Waals surface area contributed by atoms with Crippen LogP contribution in [-0.2, 0) is 20.9 Å². The average Bonchev–Trinajstić information content (AvgIpc) is 2.39. The lowest BCUT2D eigenvalue weighted by atomic mass is 10.2. The van der Waals surface area contributed by atoms with E-state index in [0.29, 0.717) is 6.08 Å². The first-order valence-electron chi connectivity index (χ1n) is 5.17. The van der Waals surface area contributed by atoms with Crippen LogP contribution in [0.25, 0.3) is 0 Å². The Balaban J connectivity index is 2.67. The van der Waals surface area contributed by atoms with Gasteiger partial charge in [0.2, 0.25) is 0 Å². The number of nitrogens with zero attached hydrogens (tertiary/aromatic N) is 2. The summed E-state index contributed by atoms with van der Waals surface area (Å²) in [6, 6.07) is 1.33. The zero-order valence-electron chi connectivity index (χ0n) is 9.96. The highest BCUT2D eigenvalue weighted by atomic mass is 35.5. The van der Waals surface area contributed by atoms with E-state index in [0.717, 1.165) is 11.8 Å². The second-order valence-electron chi connectivity index (χ2n) is 3.42. The van der Waals surface area contributed by atoms with Crippen molar-refractivity contribution in [3.8, 4) is 0 Å². The van der Waals surface area contributed by atoms with E-state index in [-0.39, 0.29) is 18.0 Å². The van der Waals surface area contributed by atoms with Crippen LogP contribution in [0.5, 0.6) is 0 Å². The fourth-order valence-electron chi connectivity index (χ4n) is 1.18. The monoisotopic (exact) mass is 285 g/mol. The molecule has 1 rings (SSSR count). The molecule has 102 valence electrons. The van der Waals surface area contributed by atoms with E-state index in [4.69, 9.17) is 11.6 Å². The number of ketones is 1. The van der Waals surface area contributed by atoms with Crippen molar-refractivity contribution in [1.82, 2.24) is 9.78 Å². The molecule has 0 spiro atoms. The van der Waals surface area contributed by atoms with E-state index in [2.05, 4.69) is 9.84 Å². The minimum absolute atomic E-state index is 0.0166. The van der Waals surface area contributed by atoms with Crippen molar-refractivity contribution in [1.29, 1.82) is 0 Å². The van der Waals surface area contributed by atoms with Gasteiger partial charge in [-0.25, -0.2) is 9.48 Å². The Bertz CT molecular complexity index is 579. The maximum absolute atomic E-state index is 11.5. The molecule has 0 unspecified atom stereocenters. The summed E-state index contributed by atoms with van der Waals surface area (Å²) in [5.74, 6) is -2.77. The fraction of sp³-hybridized carbons (Fsp3) is 0.273. The minimum Gasteiger partial charge on any atom is -0.868 e. The molecule has 19 heavy (non-hydrogen) atoms. The molecule has 1 aromatic heterocycles. The standard InChI is InChI=1S/C11H11ClN2O5/c1-19-11(18)9(16)6-7(15)3-5-14-10(17)8(12)2-4-13-14/h2,4,6,16H,3,5H2,1H3/p-1/b9-6-. The van der Waals surface area contributed by atoms with Gasteiger partial charge in [-0.3, -0.25) is 9.59 Å². The molecule has 0 saturated carbocycles. The first-order valence-corrected chi connectivity index (χ1v) is 5.55. The first kappa shape index (κ1) is 14.9. The van der Waals surface area contributed by atoms with Crippen LogP contribution in [0.3, 0.4) is 0 Å². The molecule has 0 atom stereocenters. The molecule has 0 aliphatic heterocycles. The van der Waals surface area contributed by atoms with E-state index < -0.39 is 23.1 Å². The predicted molar refractivity (Wildman–Crippen MR) is 63.2 cm³/mol. The number of carbonyl (C=O) groups is 2. The van der Waals surface area contributed by atoms with Crippen molar-refractivity contribution in [2.24, 2.45) is 0 Å². The quantitative estimate of drug-likeness (QED) is 0.402. The van der Waals surface area contributed by atoms with E-state index in [1.165, 1.54) is 12.3 Å². The zero-order chi connectivity index (χ0) is 14.4. The van der Waals surface area contributed by atoms with Gasteiger partial charge in [-0.15, -0.1) is 0 Å². The molecule has 0 aliphatic carbocycles. The largest absolute Gasteiger partial charge is 0.868 e. The molecular formula is C11H10ClN2O5-. The Morgan fingerprint density at radius 3 is 2.89 bits per heavy atom. The van der Waals surface area contributed by atoms with Crippen LogP contribution in [0.4, 0.5) is 0 Å². The number of aromatic nitrogens is 2. The average molecular weight is 286 g/mol. The number of esters is 1. The van der Waals surface area contributed by atoms with Gasteiger partial charge in [0, 0.05) is 12.6 Å². The normalized spacial score (nSPS) is 11.2. The van der Waals surface area contributed by atoms with Gasteiger partial charge in [-0.05, 0) is 17.9 Å². The van der Waals surface area contributed by atoms with Gasteiger partial charge >= 0.3 is 5.97 Å². The fourth-order valence-corrected chi connectivity index (χ4v) is 1.33. The zero-order valence-corrected chi connectivity index (χ0v) is 10.7. The van der Waals surface area contributed by atoms with Crippen LogP contribution >= 0.6 is 11.6 Å². The van der Waals surface area contributed by atoms with E-state index in [1.54, 1.807) is 0 Å². The van der Waals surface area contributed by atoms with Crippen LogP contribution in [0, 0.1) is 0 Å². The van der Waals surface area contributed by atoms with Crippen molar-refractivity contribution in [3.05, 3.63) is 39.5 Å². The molecule has 8 heteroatoms. The van der Waals surface area contributed by atoms with Gasteiger partial charge in [-0.2, -0.15) is 5.10 Å². The van der Waals surface area contributed by atoms with Crippen LogP contribution in [0.15, 0.2) is 28.9 Å². The number of halogens is 1.